The van der Waals surface area contributed by atoms with Crippen LogP contribution in [-0.4, -0.2) is 19.1 Å². The highest BCUT2D eigenvalue weighted by Gasteiger charge is 2.18. The molecule has 118 valence electrons. The summed E-state index contributed by atoms with van der Waals surface area (Å²) in [4.78, 5) is 12.0. The summed E-state index contributed by atoms with van der Waals surface area (Å²) in [6.07, 6.45) is 3.23. The fraction of sp³-hybridized carbons (Fsp3) is 0.500. The number of halogens is 2. The second-order valence-electron chi connectivity index (χ2n) is 5.43. The van der Waals surface area contributed by atoms with E-state index in [-0.39, 0.29) is 5.91 Å². The van der Waals surface area contributed by atoms with E-state index in [1.54, 1.807) is 18.2 Å². The van der Waals surface area contributed by atoms with Crippen LogP contribution in [0.25, 0.3) is 0 Å². The van der Waals surface area contributed by atoms with Gasteiger partial charge in [-0.1, -0.05) is 23.2 Å². The van der Waals surface area contributed by atoms with Gasteiger partial charge in [0, 0.05) is 29.7 Å². The lowest BCUT2D eigenvalue weighted by atomic mass is 9.94. The third kappa shape index (κ3) is 5.17. The maximum atomic E-state index is 12.0. The summed E-state index contributed by atoms with van der Waals surface area (Å²) in [5.41, 5.74) is 0.597. The average Bonchev–Trinajstić information content (AvgIpc) is 2.50. The molecule has 1 aromatic rings. The van der Waals surface area contributed by atoms with Crippen molar-refractivity contribution >= 4 is 29.1 Å². The van der Waals surface area contributed by atoms with E-state index in [0.29, 0.717) is 27.9 Å². The minimum absolute atomic E-state index is 0.130. The molecule has 4 nitrogen and oxygen atoms in total. The van der Waals surface area contributed by atoms with Gasteiger partial charge in [-0.25, -0.2) is 0 Å². The first-order chi connectivity index (χ1) is 10.6. The van der Waals surface area contributed by atoms with Gasteiger partial charge in [0.2, 0.25) is 5.91 Å². The summed E-state index contributed by atoms with van der Waals surface area (Å²) in [6.45, 7) is 1.54. The second-order valence-corrected chi connectivity index (χ2v) is 6.30. The Labute approximate surface area is 140 Å². The first-order valence-corrected chi connectivity index (χ1v) is 8.07. The number of carbonyl (C=O) groups is 1. The summed E-state index contributed by atoms with van der Waals surface area (Å²) >= 11 is 11.9. The highest BCUT2D eigenvalue weighted by molar-refractivity contribution is 6.34. The molecular formula is C16H18Cl2N2O2. The number of rotatable bonds is 5. The number of amides is 1. The zero-order valence-corrected chi connectivity index (χ0v) is 13.7. The van der Waals surface area contributed by atoms with Crippen molar-refractivity contribution in [1.82, 2.24) is 5.32 Å². The largest absolute Gasteiger partial charge is 0.381 e. The van der Waals surface area contributed by atoms with Gasteiger partial charge in [0.25, 0.3) is 0 Å². The van der Waals surface area contributed by atoms with Gasteiger partial charge < -0.3 is 10.1 Å². The maximum Gasteiger partial charge on any atom is 0.221 e. The standard InChI is InChI=1S/C16H18Cl2N2O2/c17-13-7-12(8-14(18)9-13)15(10-19)20-16(21)2-1-11-3-5-22-6-4-11/h7-9,11,15H,1-6H2,(H,20,21)/t15-/m1/s1. The number of carbonyl (C=O) groups excluding carboxylic acids is 1. The van der Waals surface area contributed by atoms with Crippen molar-refractivity contribution in [2.45, 2.75) is 31.7 Å². The topological polar surface area (TPSA) is 62.1 Å². The predicted molar refractivity (Wildman–Crippen MR) is 85.7 cm³/mol. The number of benzene rings is 1. The van der Waals surface area contributed by atoms with Crippen molar-refractivity contribution in [2.75, 3.05) is 13.2 Å². The fourth-order valence-corrected chi connectivity index (χ4v) is 3.08. The molecule has 0 bridgehead atoms. The molecule has 1 saturated heterocycles. The molecule has 1 aliphatic rings. The van der Waals surface area contributed by atoms with E-state index < -0.39 is 6.04 Å². The summed E-state index contributed by atoms with van der Waals surface area (Å²) in [7, 11) is 0. The molecule has 0 saturated carbocycles. The van der Waals surface area contributed by atoms with Crippen molar-refractivity contribution in [2.24, 2.45) is 5.92 Å². The number of hydrogen-bond donors (Lipinski definition) is 1. The molecule has 1 amide bonds. The first-order valence-electron chi connectivity index (χ1n) is 7.31. The van der Waals surface area contributed by atoms with Crippen molar-refractivity contribution in [3.8, 4) is 6.07 Å². The van der Waals surface area contributed by atoms with Crippen LogP contribution >= 0.6 is 23.2 Å². The van der Waals surface area contributed by atoms with Crippen molar-refractivity contribution in [1.29, 1.82) is 5.26 Å². The summed E-state index contributed by atoms with van der Waals surface area (Å²) in [6, 6.07) is 6.20. The zero-order chi connectivity index (χ0) is 15.9. The van der Waals surface area contributed by atoms with Crippen LogP contribution in [0.5, 0.6) is 0 Å². The normalized spacial score (nSPS) is 16.8. The molecule has 0 unspecified atom stereocenters. The SMILES string of the molecule is N#C[C@@H](NC(=O)CCC1CCOCC1)c1cc(Cl)cc(Cl)c1. The van der Waals surface area contributed by atoms with Crippen LogP contribution in [0, 0.1) is 17.2 Å². The Bertz CT molecular complexity index is 546. The second kappa shape index (κ2) is 8.38. The van der Waals surface area contributed by atoms with Crippen molar-refractivity contribution in [3.63, 3.8) is 0 Å². The Morgan fingerprint density at radius 1 is 1.32 bits per heavy atom. The molecule has 6 heteroatoms. The zero-order valence-electron chi connectivity index (χ0n) is 12.1. The molecular weight excluding hydrogens is 323 g/mol. The number of nitrogens with zero attached hydrogens (tertiary/aromatic N) is 1. The lowest BCUT2D eigenvalue weighted by molar-refractivity contribution is -0.122. The Hall–Kier alpha value is -1.28. The first kappa shape index (κ1) is 17.1. The lowest BCUT2D eigenvalue weighted by Gasteiger charge is -2.21. The van der Waals surface area contributed by atoms with Crippen LogP contribution in [0.2, 0.25) is 10.0 Å². The molecule has 22 heavy (non-hydrogen) atoms. The van der Waals surface area contributed by atoms with Gasteiger partial charge in [-0.15, -0.1) is 0 Å². The van der Waals surface area contributed by atoms with E-state index in [0.717, 1.165) is 32.5 Å². The Morgan fingerprint density at radius 3 is 2.55 bits per heavy atom. The molecule has 1 atom stereocenters. The van der Waals surface area contributed by atoms with Crippen LogP contribution in [0.4, 0.5) is 0 Å². The fourth-order valence-electron chi connectivity index (χ4n) is 2.54. The van der Waals surface area contributed by atoms with Gasteiger partial charge in [0.05, 0.1) is 6.07 Å². The molecule has 1 heterocycles. The van der Waals surface area contributed by atoms with Crippen LogP contribution in [0.15, 0.2) is 18.2 Å². The number of nitrogens with one attached hydrogen (secondary N) is 1. The van der Waals surface area contributed by atoms with Crippen LogP contribution in [0.1, 0.15) is 37.3 Å². The van der Waals surface area contributed by atoms with E-state index in [1.165, 1.54) is 0 Å². The van der Waals surface area contributed by atoms with Crippen LogP contribution in [-0.2, 0) is 9.53 Å². The molecule has 1 fully saturated rings. The van der Waals surface area contributed by atoms with Gasteiger partial charge >= 0.3 is 0 Å². The number of ether oxygens (including phenoxy) is 1. The summed E-state index contributed by atoms with van der Waals surface area (Å²) in [5, 5.41) is 12.9. The van der Waals surface area contributed by atoms with E-state index in [1.807, 2.05) is 0 Å². The van der Waals surface area contributed by atoms with Crippen molar-refractivity contribution < 1.29 is 9.53 Å². The molecule has 0 spiro atoms. The minimum atomic E-state index is -0.738. The average molecular weight is 341 g/mol. The summed E-state index contributed by atoms with van der Waals surface area (Å²) < 4.78 is 5.30. The third-order valence-electron chi connectivity index (χ3n) is 3.77. The highest BCUT2D eigenvalue weighted by Crippen LogP contribution is 2.24. The smallest absolute Gasteiger partial charge is 0.221 e. The molecule has 1 aromatic carbocycles. The van der Waals surface area contributed by atoms with Gasteiger partial charge in [-0.3, -0.25) is 4.79 Å². The maximum absolute atomic E-state index is 12.0. The summed E-state index contributed by atoms with van der Waals surface area (Å²) in [5.74, 6) is 0.398. The third-order valence-corrected chi connectivity index (χ3v) is 4.21. The van der Waals surface area contributed by atoms with Gasteiger partial charge in [0.1, 0.15) is 6.04 Å². The van der Waals surface area contributed by atoms with Gasteiger partial charge in [-0.05, 0) is 48.9 Å². The lowest BCUT2D eigenvalue weighted by Crippen LogP contribution is -2.28. The Balaban J connectivity index is 1.89. The minimum Gasteiger partial charge on any atom is -0.381 e. The molecule has 1 N–H and O–H groups in total. The monoisotopic (exact) mass is 340 g/mol. The van der Waals surface area contributed by atoms with Crippen molar-refractivity contribution in [3.05, 3.63) is 33.8 Å². The van der Waals surface area contributed by atoms with E-state index in [4.69, 9.17) is 27.9 Å². The molecule has 0 radical (unpaired) electrons. The Kier molecular flexibility index (Phi) is 6.50. The van der Waals surface area contributed by atoms with E-state index >= 15 is 0 Å². The van der Waals surface area contributed by atoms with Crippen LogP contribution < -0.4 is 5.32 Å². The van der Waals surface area contributed by atoms with E-state index in [2.05, 4.69) is 11.4 Å². The molecule has 2 rings (SSSR count). The van der Waals surface area contributed by atoms with E-state index in [9.17, 15) is 10.1 Å². The molecule has 0 aliphatic carbocycles. The van der Waals surface area contributed by atoms with Crippen LogP contribution in [0.3, 0.4) is 0 Å². The predicted octanol–water partition coefficient (Wildman–Crippen LogP) is 3.88. The molecule has 1 aliphatic heterocycles. The quantitative estimate of drug-likeness (QED) is 0.884. The highest BCUT2D eigenvalue weighted by atomic mass is 35.5. The Morgan fingerprint density at radius 2 is 1.95 bits per heavy atom. The van der Waals surface area contributed by atoms with Gasteiger partial charge in [-0.2, -0.15) is 5.26 Å². The number of nitriles is 1. The number of hydrogen-bond acceptors (Lipinski definition) is 3. The molecule has 0 aromatic heterocycles. The van der Waals surface area contributed by atoms with Gasteiger partial charge in [0.15, 0.2) is 0 Å².